The Morgan fingerprint density at radius 2 is 1.94 bits per heavy atom. The van der Waals surface area contributed by atoms with Crippen molar-refractivity contribution in [2.24, 2.45) is 16.7 Å². The highest BCUT2D eigenvalue weighted by Crippen LogP contribution is 2.68. The molecule has 1 saturated heterocycles. The Hall–Kier alpha value is -1.08. The van der Waals surface area contributed by atoms with Crippen molar-refractivity contribution in [1.82, 2.24) is 10.2 Å². The summed E-state index contributed by atoms with van der Waals surface area (Å²) in [5.41, 5.74) is 0.101. The fourth-order valence-corrected chi connectivity index (χ4v) is 3.06. The van der Waals surface area contributed by atoms with Crippen LogP contribution in [0.5, 0.6) is 0 Å². The molecule has 0 aromatic carbocycles. The highest BCUT2D eigenvalue weighted by molar-refractivity contribution is 5.85. The largest absolute Gasteiger partial charge is 0.324 e. The summed E-state index contributed by atoms with van der Waals surface area (Å²) in [5, 5.41) is 12.2. The molecule has 1 amide bonds. The lowest BCUT2D eigenvalue weighted by Crippen LogP contribution is -2.53. The highest BCUT2D eigenvalue weighted by Gasteiger charge is 2.69. The zero-order valence-corrected chi connectivity index (χ0v) is 11.1. The van der Waals surface area contributed by atoms with Crippen molar-refractivity contribution in [3.63, 3.8) is 0 Å². The van der Waals surface area contributed by atoms with E-state index in [1.54, 1.807) is 4.90 Å². The van der Waals surface area contributed by atoms with Crippen LogP contribution >= 0.6 is 0 Å². The second-order valence-electron chi connectivity index (χ2n) is 6.26. The first-order chi connectivity index (χ1) is 7.84. The number of carbonyl (C=O) groups excluding carboxylic acids is 1. The molecule has 4 nitrogen and oxygen atoms in total. The lowest BCUT2D eigenvalue weighted by molar-refractivity contribution is -0.135. The van der Waals surface area contributed by atoms with Gasteiger partial charge < -0.3 is 10.2 Å². The van der Waals surface area contributed by atoms with E-state index in [4.69, 9.17) is 5.26 Å². The molecule has 1 unspecified atom stereocenters. The van der Waals surface area contributed by atoms with Gasteiger partial charge in [0.15, 0.2) is 0 Å². The van der Waals surface area contributed by atoms with Crippen molar-refractivity contribution in [3.05, 3.63) is 0 Å². The van der Waals surface area contributed by atoms with Crippen molar-refractivity contribution in [2.45, 2.75) is 33.7 Å². The van der Waals surface area contributed by atoms with Crippen LogP contribution in [0.25, 0.3) is 0 Å². The van der Waals surface area contributed by atoms with Gasteiger partial charge in [-0.2, -0.15) is 5.26 Å². The molecule has 0 spiro atoms. The van der Waals surface area contributed by atoms with E-state index in [-0.39, 0.29) is 28.7 Å². The fourth-order valence-electron chi connectivity index (χ4n) is 3.06. The van der Waals surface area contributed by atoms with Crippen molar-refractivity contribution >= 4 is 5.91 Å². The predicted molar refractivity (Wildman–Crippen MR) is 65.0 cm³/mol. The number of hydrogen-bond acceptors (Lipinski definition) is 3. The third-order valence-corrected chi connectivity index (χ3v) is 4.94. The van der Waals surface area contributed by atoms with E-state index >= 15 is 0 Å². The smallest absolute Gasteiger partial charge is 0.227 e. The molecule has 1 aliphatic heterocycles. The molecule has 0 aromatic rings. The molecule has 0 aromatic heterocycles. The molecule has 0 radical (unpaired) electrons. The summed E-state index contributed by atoms with van der Waals surface area (Å²) >= 11 is 0. The molecular formula is C13H21N3O. The normalized spacial score (nSPS) is 30.8. The van der Waals surface area contributed by atoms with Crippen molar-refractivity contribution in [3.8, 4) is 6.07 Å². The van der Waals surface area contributed by atoms with E-state index in [1.165, 1.54) is 0 Å². The SMILES string of the molecule is CC1(C)C(C(=O)N2CCNCC2C#N)C1(C)C. The maximum absolute atomic E-state index is 12.5. The Balaban J connectivity index is 2.14. The van der Waals surface area contributed by atoms with E-state index in [0.717, 1.165) is 6.54 Å². The van der Waals surface area contributed by atoms with E-state index < -0.39 is 0 Å². The minimum atomic E-state index is -0.302. The van der Waals surface area contributed by atoms with Crippen LogP contribution in [0.15, 0.2) is 0 Å². The molecule has 1 aliphatic carbocycles. The zero-order chi connectivity index (χ0) is 12.8. The van der Waals surface area contributed by atoms with E-state index in [2.05, 4.69) is 39.1 Å². The molecule has 94 valence electrons. The summed E-state index contributed by atoms with van der Waals surface area (Å²) in [7, 11) is 0. The second-order valence-corrected chi connectivity index (χ2v) is 6.26. The Morgan fingerprint density at radius 3 is 2.41 bits per heavy atom. The topological polar surface area (TPSA) is 56.1 Å². The Labute approximate surface area is 103 Å². The zero-order valence-electron chi connectivity index (χ0n) is 11.1. The molecule has 4 heteroatoms. The molecule has 0 bridgehead atoms. The van der Waals surface area contributed by atoms with Gasteiger partial charge in [-0.05, 0) is 10.8 Å². The van der Waals surface area contributed by atoms with Crippen LogP contribution in [0.4, 0.5) is 0 Å². The van der Waals surface area contributed by atoms with Gasteiger partial charge in [0, 0.05) is 25.6 Å². The number of carbonyl (C=O) groups is 1. The molecular weight excluding hydrogens is 214 g/mol. The Morgan fingerprint density at radius 1 is 1.35 bits per heavy atom. The number of amides is 1. The summed E-state index contributed by atoms with van der Waals surface area (Å²) in [6, 6.07) is 1.91. The van der Waals surface area contributed by atoms with Gasteiger partial charge in [-0.25, -0.2) is 0 Å². The second kappa shape index (κ2) is 3.71. The molecule has 1 N–H and O–H groups in total. The summed E-state index contributed by atoms with van der Waals surface area (Å²) in [6.45, 7) is 10.6. The maximum Gasteiger partial charge on any atom is 0.227 e. The lowest BCUT2D eigenvalue weighted by atomic mass is 10.0. The van der Waals surface area contributed by atoms with Gasteiger partial charge in [0.05, 0.1) is 6.07 Å². The van der Waals surface area contributed by atoms with Gasteiger partial charge in [-0.3, -0.25) is 4.79 Å². The summed E-state index contributed by atoms with van der Waals surface area (Å²) < 4.78 is 0. The highest BCUT2D eigenvalue weighted by atomic mass is 16.2. The third kappa shape index (κ3) is 1.64. The first-order valence-corrected chi connectivity index (χ1v) is 6.25. The minimum Gasteiger partial charge on any atom is -0.324 e. The summed E-state index contributed by atoms with van der Waals surface area (Å²) in [6.07, 6.45) is 0. The van der Waals surface area contributed by atoms with Gasteiger partial charge >= 0.3 is 0 Å². The number of nitriles is 1. The molecule has 2 fully saturated rings. The predicted octanol–water partition coefficient (Wildman–Crippen LogP) is 0.993. The summed E-state index contributed by atoms with van der Waals surface area (Å²) in [5.74, 6) is 0.219. The van der Waals surface area contributed by atoms with Crippen LogP contribution in [0, 0.1) is 28.1 Å². The number of nitrogens with zero attached hydrogens (tertiary/aromatic N) is 2. The van der Waals surface area contributed by atoms with Crippen LogP contribution in [0.1, 0.15) is 27.7 Å². The molecule has 1 saturated carbocycles. The molecule has 2 aliphatic rings. The molecule has 17 heavy (non-hydrogen) atoms. The average molecular weight is 235 g/mol. The van der Waals surface area contributed by atoms with Crippen LogP contribution in [0.3, 0.4) is 0 Å². The number of nitrogens with one attached hydrogen (secondary N) is 1. The number of hydrogen-bond donors (Lipinski definition) is 1. The third-order valence-electron chi connectivity index (χ3n) is 4.94. The Bertz CT molecular complexity index is 367. The van der Waals surface area contributed by atoms with Crippen LogP contribution < -0.4 is 5.32 Å². The first-order valence-electron chi connectivity index (χ1n) is 6.25. The quantitative estimate of drug-likeness (QED) is 0.737. The Kier molecular flexibility index (Phi) is 2.70. The minimum absolute atomic E-state index is 0.0506. The first kappa shape index (κ1) is 12.4. The van der Waals surface area contributed by atoms with E-state index in [0.29, 0.717) is 13.1 Å². The van der Waals surface area contributed by atoms with Gasteiger partial charge in [-0.1, -0.05) is 27.7 Å². The average Bonchev–Trinajstić information content (AvgIpc) is 2.68. The van der Waals surface area contributed by atoms with Crippen LogP contribution in [-0.4, -0.2) is 36.5 Å². The number of rotatable bonds is 1. The van der Waals surface area contributed by atoms with Crippen LogP contribution in [0.2, 0.25) is 0 Å². The molecule has 1 heterocycles. The van der Waals surface area contributed by atoms with E-state index in [1.807, 2.05) is 0 Å². The molecule has 2 rings (SSSR count). The van der Waals surface area contributed by atoms with Crippen molar-refractivity contribution in [2.75, 3.05) is 19.6 Å². The fraction of sp³-hybridized carbons (Fsp3) is 0.846. The molecule has 1 atom stereocenters. The summed E-state index contributed by atoms with van der Waals surface area (Å²) in [4.78, 5) is 14.3. The van der Waals surface area contributed by atoms with Crippen molar-refractivity contribution in [1.29, 1.82) is 5.26 Å². The van der Waals surface area contributed by atoms with Crippen molar-refractivity contribution < 1.29 is 4.79 Å². The standard InChI is InChI=1S/C13H21N3O/c1-12(2)10(13(12,3)4)11(17)16-6-5-15-8-9(16)7-14/h9-10,15H,5-6,8H2,1-4H3. The van der Waals surface area contributed by atoms with E-state index in [9.17, 15) is 4.79 Å². The van der Waals surface area contributed by atoms with Gasteiger partial charge in [0.1, 0.15) is 6.04 Å². The van der Waals surface area contributed by atoms with Crippen LogP contribution in [-0.2, 0) is 4.79 Å². The lowest BCUT2D eigenvalue weighted by Gasteiger charge is -2.32. The van der Waals surface area contributed by atoms with Gasteiger partial charge in [0.25, 0.3) is 0 Å². The van der Waals surface area contributed by atoms with Gasteiger partial charge in [-0.15, -0.1) is 0 Å². The number of piperazine rings is 1. The maximum atomic E-state index is 12.5. The van der Waals surface area contributed by atoms with Gasteiger partial charge in [0.2, 0.25) is 5.91 Å². The monoisotopic (exact) mass is 235 g/mol.